The van der Waals surface area contributed by atoms with Crippen LogP contribution in [-0.2, 0) is 6.54 Å². The molecule has 1 fully saturated rings. The standard InChI is InChI=1S/C18H21N3OS2/c1-11-5-7-21(8-6-11)9-15-19-17(22)16-13(10-23-18(16)20-15)14-4-3-12(2)24-14/h3-4,10-11H,5-9H2,1-2H3,(H,19,20,22)/p+1. The number of fused-ring (bicyclic) bond motifs is 1. The van der Waals surface area contributed by atoms with Crippen LogP contribution in [0.15, 0.2) is 22.3 Å². The molecule has 1 aliphatic heterocycles. The Hall–Kier alpha value is -1.50. The number of aryl methyl sites for hydroxylation is 1. The zero-order chi connectivity index (χ0) is 16.7. The summed E-state index contributed by atoms with van der Waals surface area (Å²) < 4.78 is 0. The molecule has 0 bridgehead atoms. The maximum atomic E-state index is 12.7. The van der Waals surface area contributed by atoms with Crippen molar-refractivity contribution in [3.05, 3.63) is 38.6 Å². The van der Waals surface area contributed by atoms with Gasteiger partial charge in [0.2, 0.25) is 0 Å². The van der Waals surface area contributed by atoms with Crippen LogP contribution >= 0.6 is 22.7 Å². The van der Waals surface area contributed by atoms with Crippen LogP contribution < -0.4 is 10.5 Å². The van der Waals surface area contributed by atoms with E-state index in [0.29, 0.717) is 0 Å². The number of nitrogens with zero attached hydrogens (tertiary/aromatic N) is 1. The van der Waals surface area contributed by atoms with Crippen molar-refractivity contribution in [1.29, 1.82) is 0 Å². The average molecular weight is 361 g/mol. The lowest BCUT2D eigenvalue weighted by Crippen LogP contribution is -3.11. The molecule has 0 unspecified atom stereocenters. The van der Waals surface area contributed by atoms with Crippen molar-refractivity contribution in [3.63, 3.8) is 0 Å². The van der Waals surface area contributed by atoms with Crippen LogP contribution in [0.25, 0.3) is 20.7 Å². The molecule has 4 rings (SSSR count). The Morgan fingerprint density at radius 2 is 2.12 bits per heavy atom. The van der Waals surface area contributed by atoms with Gasteiger partial charge in [-0.15, -0.1) is 22.7 Å². The molecule has 0 amide bonds. The molecule has 6 heteroatoms. The third-order valence-electron chi connectivity index (χ3n) is 4.90. The fraction of sp³-hybridized carbons (Fsp3) is 0.444. The summed E-state index contributed by atoms with van der Waals surface area (Å²) in [5.74, 6) is 1.66. The molecule has 0 radical (unpaired) electrons. The van der Waals surface area contributed by atoms with E-state index >= 15 is 0 Å². The van der Waals surface area contributed by atoms with E-state index in [4.69, 9.17) is 4.98 Å². The molecule has 126 valence electrons. The minimum absolute atomic E-state index is 0.00193. The van der Waals surface area contributed by atoms with Crippen molar-refractivity contribution in [2.75, 3.05) is 13.1 Å². The molecule has 1 aliphatic rings. The van der Waals surface area contributed by atoms with Crippen molar-refractivity contribution in [3.8, 4) is 10.4 Å². The molecule has 0 saturated carbocycles. The lowest BCUT2D eigenvalue weighted by Gasteiger charge is -2.26. The van der Waals surface area contributed by atoms with Gasteiger partial charge >= 0.3 is 0 Å². The number of rotatable bonds is 3. The van der Waals surface area contributed by atoms with Gasteiger partial charge in [-0.05, 0) is 37.8 Å². The number of aromatic amines is 1. The van der Waals surface area contributed by atoms with E-state index in [1.54, 1.807) is 22.7 Å². The van der Waals surface area contributed by atoms with Crippen molar-refractivity contribution in [1.82, 2.24) is 9.97 Å². The van der Waals surface area contributed by atoms with Gasteiger partial charge < -0.3 is 9.88 Å². The number of quaternary nitrogens is 1. The largest absolute Gasteiger partial charge is 0.329 e. The molecular weight excluding hydrogens is 338 g/mol. The van der Waals surface area contributed by atoms with Crippen LogP contribution in [0.1, 0.15) is 30.5 Å². The minimum atomic E-state index is 0.00193. The first-order chi connectivity index (χ1) is 11.6. The Balaban J connectivity index is 1.65. The van der Waals surface area contributed by atoms with E-state index in [1.807, 2.05) is 0 Å². The van der Waals surface area contributed by atoms with Gasteiger partial charge in [0.25, 0.3) is 5.56 Å². The Morgan fingerprint density at radius 3 is 2.83 bits per heavy atom. The number of aromatic nitrogens is 2. The molecular formula is C18H22N3OS2+. The molecule has 3 aromatic heterocycles. The topological polar surface area (TPSA) is 50.2 Å². The highest BCUT2D eigenvalue weighted by Crippen LogP contribution is 2.34. The summed E-state index contributed by atoms with van der Waals surface area (Å²) in [7, 11) is 0. The number of hydrogen-bond acceptors (Lipinski definition) is 4. The van der Waals surface area contributed by atoms with Gasteiger partial charge in [-0.1, -0.05) is 6.92 Å². The summed E-state index contributed by atoms with van der Waals surface area (Å²) in [6.45, 7) is 7.58. The second-order valence-corrected chi connectivity index (χ2v) is 9.01. The lowest BCUT2D eigenvalue weighted by atomic mass is 9.99. The molecule has 4 heterocycles. The van der Waals surface area contributed by atoms with Gasteiger partial charge in [0.05, 0.1) is 18.5 Å². The molecule has 0 spiro atoms. The van der Waals surface area contributed by atoms with E-state index in [-0.39, 0.29) is 5.56 Å². The van der Waals surface area contributed by atoms with Gasteiger partial charge in [0, 0.05) is 20.7 Å². The molecule has 3 aromatic rings. The number of thiophene rings is 2. The average Bonchev–Trinajstić information content (AvgIpc) is 3.16. The molecule has 0 aliphatic carbocycles. The van der Waals surface area contributed by atoms with Crippen LogP contribution in [-0.4, -0.2) is 23.1 Å². The SMILES string of the molecule is Cc1ccc(-c2csc3nc(C[NH+]4CCC(C)CC4)[nH]c(=O)c23)s1. The Labute approximate surface area is 149 Å². The predicted octanol–water partition coefficient (Wildman–Crippen LogP) is 2.84. The lowest BCUT2D eigenvalue weighted by molar-refractivity contribution is -0.920. The van der Waals surface area contributed by atoms with Gasteiger partial charge in [0.15, 0.2) is 5.82 Å². The summed E-state index contributed by atoms with van der Waals surface area (Å²) in [5, 5.41) is 2.81. The number of piperidine rings is 1. The van der Waals surface area contributed by atoms with Crippen LogP contribution in [0.4, 0.5) is 0 Å². The van der Waals surface area contributed by atoms with Crippen LogP contribution in [0.3, 0.4) is 0 Å². The summed E-state index contributed by atoms with van der Waals surface area (Å²) in [4.78, 5) is 25.2. The Kier molecular flexibility index (Phi) is 4.28. The normalized spacial score (nSPS) is 21.4. The zero-order valence-electron chi connectivity index (χ0n) is 14.0. The maximum Gasteiger partial charge on any atom is 0.260 e. The van der Waals surface area contributed by atoms with E-state index in [9.17, 15) is 4.79 Å². The van der Waals surface area contributed by atoms with E-state index in [2.05, 4.69) is 36.3 Å². The highest BCUT2D eigenvalue weighted by molar-refractivity contribution is 7.19. The quantitative estimate of drug-likeness (QED) is 0.755. The molecule has 0 atom stereocenters. The van der Waals surface area contributed by atoms with Crippen molar-refractivity contribution in [2.24, 2.45) is 5.92 Å². The second-order valence-electron chi connectivity index (χ2n) is 6.86. The first kappa shape index (κ1) is 16.0. The van der Waals surface area contributed by atoms with E-state index in [1.165, 1.54) is 35.7 Å². The molecule has 24 heavy (non-hydrogen) atoms. The third-order valence-corrected chi connectivity index (χ3v) is 6.80. The minimum Gasteiger partial charge on any atom is -0.329 e. The first-order valence-electron chi connectivity index (χ1n) is 8.51. The van der Waals surface area contributed by atoms with E-state index < -0.39 is 0 Å². The van der Waals surface area contributed by atoms with Gasteiger partial charge in [-0.25, -0.2) is 4.98 Å². The Morgan fingerprint density at radius 1 is 1.33 bits per heavy atom. The fourth-order valence-corrected chi connectivity index (χ4v) is 5.34. The molecule has 4 nitrogen and oxygen atoms in total. The summed E-state index contributed by atoms with van der Waals surface area (Å²) in [6, 6.07) is 4.19. The summed E-state index contributed by atoms with van der Waals surface area (Å²) >= 11 is 3.30. The first-order valence-corrected chi connectivity index (χ1v) is 10.2. The Bertz CT molecular complexity index is 916. The highest BCUT2D eigenvalue weighted by Gasteiger charge is 2.21. The zero-order valence-corrected chi connectivity index (χ0v) is 15.6. The van der Waals surface area contributed by atoms with Crippen LogP contribution in [0, 0.1) is 12.8 Å². The van der Waals surface area contributed by atoms with Gasteiger partial charge in [-0.2, -0.15) is 0 Å². The number of likely N-dealkylation sites (tertiary alicyclic amines) is 1. The maximum absolute atomic E-state index is 12.7. The predicted molar refractivity (Wildman–Crippen MR) is 101 cm³/mol. The monoisotopic (exact) mass is 360 g/mol. The van der Waals surface area contributed by atoms with E-state index in [0.717, 1.165) is 38.9 Å². The third kappa shape index (κ3) is 3.06. The summed E-state index contributed by atoms with van der Waals surface area (Å²) in [5.41, 5.74) is 1.02. The second kappa shape index (κ2) is 6.43. The summed E-state index contributed by atoms with van der Waals surface area (Å²) in [6.07, 6.45) is 2.53. The van der Waals surface area contributed by atoms with Crippen LogP contribution in [0.5, 0.6) is 0 Å². The smallest absolute Gasteiger partial charge is 0.260 e. The fourth-order valence-electron chi connectivity index (χ4n) is 3.42. The van der Waals surface area contributed by atoms with Gasteiger partial charge in [-0.3, -0.25) is 4.79 Å². The number of hydrogen-bond donors (Lipinski definition) is 2. The van der Waals surface area contributed by atoms with Gasteiger partial charge in [0.1, 0.15) is 11.4 Å². The molecule has 2 N–H and O–H groups in total. The number of H-pyrrole nitrogens is 1. The highest BCUT2D eigenvalue weighted by atomic mass is 32.1. The molecule has 1 saturated heterocycles. The number of nitrogens with one attached hydrogen (secondary N) is 2. The van der Waals surface area contributed by atoms with Crippen molar-refractivity contribution < 1.29 is 4.90 Å². The molecule has 0 aromatic carbocycles. The van der Waals surface area contributed by atoms with Crippen molar-refractivity contribution in [2.45, 2.75) is 33.2 Å². The van der Waals surface area contributed by atoms with Crippen molar-refractivity contribution >= 4 is 32.9 Å². The van der Waals surface area contributed by atoms with Crippen LogP contribution in [0.2, 0.25) is 0 Å².